The Balaban J connectivity index is 2.15. The van der Waals surface area contributed by atoms with E-state index in [4.69, 9.17) is 0 Å². The van der Waals surface area contributed by atoms with Gasteiger partial charge in [-0.05, 0) is 29.3 Å². The highest BCUT2D eigenvalue weighted by Gasteiger charge is 2.06. The van der Waals surface area contributed by atoms with Gasteiger partial charge in [0.1, 0.15) is 0 Å². The Labute approximate surface area is 110 Å². The zero-order valence-electron chi connectivity index (χ0n) is 10.2. The minimum atomic E-state index is -0.126. The maximum atomic E-state index is 11.9. The van der Waals surface area contributed by atoms with Crippen LogP contribution in [-0.2, 0) is 0 Å². The normalized spacial score (nSPS) is 10.3. The van der Waals surface area contributed by atoms with Crippen molar-refractivity contribution in [3.63, 3.8) is 0 Å². The van der Waals surface area contributed by atoms with Gasteiger partial charge in [0.15, 0.2) is 0 Å². The van der Waals surface area contributed by atoms with E-state index in [1.54, 1.807) is 12.4 Å². The van der Waals surface area contributed by atoms with E-state index in [0.717, 1.165) is 11.1 Å². The van der Waals surface area contributed by atoms with Gasteiger partial charge in [-0.25, -0.2) is 0 Å². The van der Waals surface area contributed by atoms with Gasteiger partial charge in [0.2, 0.25) is 0 Å². The Bertz CT molecular complexity index is 733. The second-order valence-electron chi connectivity index (χ2n) is 4.21. The summed E-state index contributed by atoms with van der Waals surface area (Å²) in [7, 11) is 0. The fourth-order valence-corrected chi connectivity index (χ4v) is 1.99. The molecular weight excluding hydrogens is 236 g/mol. The lowest BCUT2D eigenvalue weighted by atomic mass is 10.0. The van der Waals surface area contributed by atoms with Gasteiger partial charge in [0.05, 0.1) is 11.3 Å². The van der Waals surface area contributed by atoms with E-state index >= 15 is 0 Å². The van der Waals surface area contributed by atoms with E-state index in [1.165, 1.54) is 0 Å². The van der Waals surface area contributed by atoms with Crippen LogP contribution >= 0.6 is 0 Å². The third kappa shape index (κ3) is 2.31. The van der Waals surface area contributed by atoms with Crippen LogP contribution in [0.2, 0.25) is 0 Å². The van der Waals surface area contributed by atoms with Gasteiger partial charge in [0.25, 0.3) is 5.56 Å². The summed E-state index contributed by atoms with van der Waals surface area (Å²) in [6, 6.07) is 17.3. The van der Waals surface area contributed by atoms with Crippen molar-refractivity contribution >= 4 is 0 Å². The van der Waals surface area contributed by atoms with Crippen molar-refractivity contribution in [1.29, 1.82) is 0 Å². The fourth-order valence-electron chi connectivity index (χ4n) is 1.99. The van der Waals surface area contributed by atoms with Crippen molar-refractivity contribution in [2.75, 3.05) is 0 Å². The quantitative estimate of drug-likeness (QED) is 0.757. The maximum Gasteiger partial charge on any atom is 0.257 e. The predicted molar refractivity (Wildman–Crippen MR) is 75.7 cm³/mol. The van der Waals surface area contributed by atoms with Crippen LogP contribution in [0.3, 0.4) is 0 Å². The second-order valence-corrected chi connectivity index (χ2v) is 4.21. The number of aromatic nitrogens is 2. The van der Waals surface area contributed by atoms with Crippen LogP contribution in [0.1, 0.15) is 0 Å². The number of hydrogen-bond acceptors (Lipinski definition) is 2. The molecule has 0 fully saturated rings. The van der Waals surface area contributed by atoms with Gasteiger partial charge >= 0.3 is 0 Å². The Morgan fingerprint density at radius 1 is 0.895 bits per heavy atom. The first-order valence-electron chi connectivity index (χ1n) is 6.04. The molecule has 0 aliphatic heterocycles. The van der Waals surface area contributed by atoms with E-state index < -0.39 is 0 Å². The number of rotatable bonds is 2. The van der Waals surface area contributed by atoms with E-state index in [2.05, 4.69) is 9.97 Å². The molecule has 1 aromatic carbocycles. The third-order valence-corrected chi connectivity index (χ3v) is 2.95. The average Bonchev–Trinajstić information content (AvgIpc) is 2.49. The minimum Gasteiger partial charge on any atom is -0.328 e. The average molecular weight is 248 g/mol. The highest BCUT2D eigenvalue weighted by Crippen LogP contribution is 2.21. The van der Waals surface area contributed by atoms with Crippen molar-refractivity contribution in [1.82, 2.24) is 9.97 Å². The van der Waals surface area contributed by atoms with Crippen molar-refractivity contribution < 1.29 is 0 Å². The molecule has 3 rings (SSSR count). The van der Waals surface area contributed by atoms with Crippen molar-refractivity contribution in [2.45, 2.75) is 0 Å². The lowest BCUT2D eigenvalue weighted by Gasteiger charge is -2.04. The van der Waals surface area contributed by atoms with Gasteiger partial charge in [-0.15, -0.1) is 0 Å². The van der Waals surface area contributed by atoms with Gasteiger partial charge in [-0.1, -0.05) is 36.4 Å². The summed E-state index contributed by atoms with van der Waals surface area (Å²) in [6.07, 6.45) is 3.41. The molecule has 2 heterocycles. The summed E-state index contributed by atoms with van der Waals surface area (Å²) >= 11 is 0. The Morgan fingerprint density at radius 3 is 2.42 bits per heavy atom. The van der Waals surface area contributed by atoms with Crippen LogP contribution in [0.4, 0.5) is 0 Å². The second kappa shape index (κ2) is 4.90. The SMILES string of the molecule is O=c1[nH]cc(-c2ccccc2)cc1-c1ccccn1. The molecule has 0 saturated heterocycles. The molecule has 3 heteroatoms. The molecule has 0 saturated carbocycles. The zero-order valence-corrected chi connectivity index (χ0v) is 10.2. The number of benzene rings is 1. The van der Waals surface area contributed by atoms with Crippen LogP contribution in [0.5, 0.6) is 0 Å². The highest BCUT2D eigenvalue weighted by molar-refractivity contribution is 5.69. The molecule has 1 N–H and O–H groups in total. The van der Waals surface area contributed by atoms with Crippen molar-refractivity contribution in [3.05, 3.63) is 77.3 Å². The number of pyridine rings is 2. The molecule has 2 aromatic heterocycles. The van der Waals surface area contributed by atoms with E-state index in [1.807, 2.05) is 54.6 Å². The molecule has 0 unspecified atom stereocenters. The number of aromatic amines is 1. The molecule has 0 spiro atoms. The molecule has 0 aliphatic rings. The molecule has 0 radical (unpaired) electrons. The van der Waals surface area contributed by atoms with Crippen molar-refractivity contribution in [2.24, 2.45) is 0 Å². The number of nitrogens with zero attached hydrogens (tertiary/aromatic N) is 1. The smallest absolute Gasteiger partial charge is 0.257 e. The van der Waals surface area contributed by atoms with Gasteiger partial charge < -0.3 is 4.98 Å². The van der Waals surface area contributed by atoms with Crippen LogP contribution in [0.15, 0.2) is 71.8 Å². The molecule has 0 atom stereocenters. The van der Waals surface area contributed by atoms with Crippen LogP contribution in [0.25, 0.3) is 22.4 Å². The van der Waals surface area contributed by atoms with Crippen LogP contribution in [-0.4, -0.2) is 9.97 Å². The molecule has 92 valence electrons. The first-order chi connectivity index (χ1) is 9.34. The Morgan fingerprint density at radius 2 is 1.68 bits per heavy atom. The lowest BCUT2D eigenvalue weighted by Crippen LogP contribution is -2.08. The standard InChI is InChI=1S/C16H12N2O/c19-16-14(15-8-4-5-9-17-15)10-13(11-18-16)12-6-2-1-3-7-12/h1-11H,(H,18,19). The van der Waals surface area contributed by atoms with Crippen LogP contribution in [0, 0.1) is 0 Å². The maximum absolute atomic E-state index is 11.9. The third-order valence-electron chi connectivity index (χ3n) is 2.95. The Hall–Kier alpha value is -2.68. The minimum absolute atomic E-state index is 0.126. The molecule has 19 heavy (non-hydrogen) atoms. The number of nitrogens with one attached hydrogen (secondary N) is 1. The summed E-state index contributed by atoms with van der Waals surface area (Å²) < 4.78 is 0. The van der Waals surface area contributed by atoms with Crippen LogP contribution < -0.4 is 5.56 Å². The van der Waals surface area contributed by atoms with Gasteiger partial charge in [0, 0.05) is 12.4 Å². The van der Waals surface area contributed by atoms with E-state index in [-0.39, 0.29) is 5.56 Å². The summed E-state index contributed by atoms with van der Waals surface area (Å²) in [6.45, 7) is 0. The summed E-state index contributed by atoms with van der Waals surface area (Å²) in [4.78, 5) is 18.9. The van der Waals surface area contributed by atoms with E-state index in [0.29, 0.717) is 11.3 Å². The summed E-state index contributed by atoms with van der Waals surface area (Å²) in [5.74, 6) is 0. The number of H-pyrrole nitrogens is 1. The summed E-state index contributed by atoms with van der Waals surface area (Å²) in [5.41, 5.74) is 3.18. The topological polar surface area (TPSA) is 45.8 Å². The monoisotopic (exact) mass is 248 g/mol. The van der Waals surface area contributed by atoms with Crippen molar-refractivity contribution in [3.8, 4) is 22.4 Å². The lowest BCUT2D eigenvalue weighted by molar-refractivity contribution is 1.22. The first kappa shape index (κ1) is 11.4. The number of hydrogen-bond donors (Lipinski definition) is 1. The summed E-state index contributed by atoms with van der Waals surface area (Å²) in [5, 5.41) is 0. The predicted octanol–water partition coefficient (Wildman–Crippen LogP) is 3.10. The Kier molecular flexibility index (Phi) is 2.94. The largest absolute Gasteiger partial charge is 0.328 e. The molecular formula is C16H12N2O. The van der Waals surface area contributed by atoms with Gasteiger partial charge in [-0.3, -0.25) is 9.78 Å². The first-order valence-corrected chi connectivity index (χ1v) is 6.04. The molecule has 0 aliphatic carbocycles. The zero-order chi connectivity index (χ0) is 13.1. The van der Waals surface area contributed by atoms with E-state index in [9.17, 15) is 4.79 Å². The fraction of sp³-hybridized carbons (Fsp3) is 0. The highest BCUT2D eigenvalue weighted by atomic mass is 16.1. The molecule has 3 nitrogen and oxygen atoms in total. The molecule has 3 aromatic rings. The molecule has 0 bridgehead atoms. The molecule has 0 amide bonds. The van der Waals surface area contributed by atoms with Gasteiger partial charge in [-0.2, -0.15) is 0 Å².